The predicted octanol–water partition coefficient (Wildman–Crippen LogP) is 5.35. The van der Waals surface area contributed by atoms with Gasteiger partial charge in [0, 0.05) is 10.7 Å². The van der Waals surface area contributed by atoms with Gasteiger partial charge in [-0.05, 0) is 60.7 Å². The SMILES string of the molecule is Cc1cc(Cl)ccc1NC(=O)[C@H](C)Oc1ccc(C(C)(C)C)cc1. The van der Waals surface area contributed by atoms with E-state index in [0.717, 1.165) is 11.3 Å². The van der Waals surface area contributed by atoms with Crippen molar-refractivity contribution < 1.29 is 9.53 Å². The average molecular weight is 346 g/mol. The molecule has 0 aromatic heterocycles. The molecule has 0 spiro atoms. The number of amides is 1. The topological polar surface area (TPSA) is 38.3 Å². The molecule has 0 fully saturated rings. The molecule has 0 unspecified atom stereocenters. The maximum absolute atomic E-state index is 12.3. The summed E-state index contributed by atoms with van der Waals surface area (Å²) in [4.78, 5) is 12.3. The second-order valence-electron chi connectivity index (χ2n) is 6.98. The normalized spacial score (nSPS) is 12.6. The summed E-state index contributed by atoms with van der Waals surface area (Å²) >= 11 is 5.93. The van der Waals surface area contributed by atoms with Crippen molar-refractivity contribution in [1.29, 1.82) is 0 Å². The first-order valence-corrected chi connectivity index (χ1v) is 8.39. The van der Waals surface area contributed by atoms with Gasteiger partial charge in [0.2, 0.25) is 0 Å². The molecule has 0 bridgehead atoms. The van der Waals surface area contributed by atoms with E-state index < -0.39 is 6.10 Å². The van der Waals surface area contributed by atoms with Crippen LogP contribution < -0.4 is 10.1 Å². The Morgan fingerprint density at radius 3 is 2.29 bits per heavy atom. The van der Waals surface area contributed by atoms with Gasteiger partial charge in [-0.2, -0.15) is 0 Å². The second-order valence-corrected chi connectivity index (χ2v) is 7.42. The number of ether oxygens (including phenoxy) is 1. The molecule has 1 amide bonds. The Balaban J connectivity index is 2.01. The molecule has 24 heavy (non-hydrogen) atoms. The molecule has 2 rings (SSSR count). The van der Waals surface area contributed by atoms with Crippen molar-refractivity contribution in [1.82, 2.24) is 0 Å². The number of hydrogen-bond acceptors (Lipinski definition) is 2. The minimum absolute atomic E-state index is 0.0909. The molecular weight excluding hydrogens is 322 g/mol. The van der Waals surface area contributed by atoms with Gasteiger partial charge < -0.3 is 10.1 Å². The maximum Gasteiger partial charge on any atom is 0.265 e. The Bertz CT molecular complexity index is 717. The van der Waals surface area contributed by atoms with Crippen LogP contribution in [0.4, 0.5) is 5.69 Å². The first-order chi connectivity index (χ1) is 11.2. The first-order valence-electron chi connectivity index (χ1n) is 8.01. The quantitative estimate of drug-likeness (QED) is 0.810. The van der Waals surface area contributed by atoms with Gasteiger partial charge in [0.15, 0.2) is 6.10 Å². The summed E-state index contributed by atoms with van der Waals surface area (Å²) in [6, 6.07) is 13.2. The maximum atomic E-state index is 12.3. The lowest BCUT2D eigenvalue weighted by atomic mass is 9.87. The van der Waals surface area contributed by atoms with Crippen LogP contribution in [0.3, 0.4) is 0 Å². The summed E-state index contributed by atoms with van der Waals surface area (Å²) in [5, 5.41) is 3.52. The Labute approximate surface area is 149 Å². The highest BCUT2D eigenvalue weighted by Crippen LogP contribution is 2.25. The third-order valence-electron chi connectivity index (χ3n) is 3.85. The minimum atomic E-state index is -0.597. The molecule has 2 aromatic carbocycles. The molecule has 4 heteroatoms. The fraction of sp³-hybridized carbons (Fsp3) is 0.350. The molecule has 0 radical (unpaired) electrons. The summed E-state index contributed by atoms with van der Waals surface area (Å²) in [5.74, 6) is 0.485. The number of carbonyl (C=O) groups is 1. The standard InChI is InChI=1S/C20H24ClNO2/c1-13-12-16(21)8-11-18(13)22-19(23)14(2)24-17-9-6-15(7-10-17)20(3,4)5/h6-12,14H,1-5H3,(H,22,23)/t14-/m0/s1. The van der Waals surface area contributed by atoms with E-state index in [2.05, 4.69) is 26.1 Å². The summed E-state index contributed by atoms with van der Waals surface area (Å²) in [6.45, 7) is 10.1. The Morgan fingerprint density at radius 1 is 1.12 bits per heavy atom. The molecule has 0 saturated carbocycles. The van der Waals surface area contributed by atoms with Crippen LogP contribution in [0.1, 0.15) is 38.8 Å². The summed E-state index contributed by atoms with van der Waals surface area (Å²) in [6.07, 6.45) is -0.597. The molecule has 0 aliphatic heterocycles. The lowest BCUT2D eigenvalue weighted by molar-refractivity contribution is -0.122. The second kappa shape index (κ2) is 7.27. The van der Waals surface area contributed by atoms with Crippen molar-refractivity contribution in [3.63, 3.8) is 0 Å². The van der Waals surface area contributed by atoms with E-state index in [1.807, 2.05) is 37.3 Å². The van der Waals surface area contributed by atoms with Crippen molar-refractivity contribution in [2.75, 3.05) is 5.32 Å². The lowest BCUT2D eigenvalue weighted by Gasteiger charge is -2.20. The first kappa shape index (κ1) is 18.3. The van der Waals surface area contributed by atoms with Crippen molar-refractivity contribution in [3.05, 3.63) is 58.6 Å². The zero-order chi connectivity index (χ0) is 17.9. The zero-order valence-electron chi connectivity index (χ0n) is 14.8. The Kier molecular flexibility index (Phi) is 5.55. The molecular formula is C20H24ClNO2. The van der Waals surface area contributed by atoms with Gasteiger partial charge in [0.1, 0.15) is 5.75 Å². The van der Waals surface area contributed by atoms with Gasteiger partial charge >= 0.3 is 0 Å². The largest absolute Gasteiger partial charge is 0.481 e. The highest BCUT2D eigenvalue weighted by Gasteiger charge is 2.17. The number of rotatable bonds is 4. The van der Waals surface area contributed by atoms with Gasteiger partial charge in [-0.1, -0.05) is 44.5 Å². The number of nitrogens with one attached hydrogen (secondary N) is 1. The monoisotopic (exact) mass is 345 g/mol. The van der Waals surface area contributed by atoms with E-state index in [0.29, 0.717) is 10.8 Å². The Morgan fingerprint density at radius 2 is 1.75 bits per heavy atom. The van der Waals surface area contributed by atoms with Gasteiger partial charge in [-0.15, -0.1) is 0 Å². The zero-order valence-corrected chi connectivity index (χ0v) is 15.6. The van der Waals surface area contributed by atoms with E-state index in [-0.39, 0.29) is 11.3 Å². The van der Waals surface area contributed by atoms with Gasteiger partial charge in [-0.3, -0.25) is 4.79 Å². The lowest BCUT2D eigenvalue weighted by Crippen LogP contribution is -2.30. The summed E-state index contributed by atoms with van der Waals surface area (Å²) in [7, 11) is 0. The molecule has 128 valence electrons. The predicted molar refractivity (Wildman–Crippen MR) is 100 cm³/mol. The molecule has 1 N–H and O–H groups in total. The van der Waals surface area contributed by atoms with E-state index in [4.69, 9.17) is 16.3 Å². The van der Waals surface area contributed by atoms with Crippen molar-refractivity contribution >= 4 is 23.2 Å². The minimum Gasteiger partial charge on any atom is -0.481 e. The van der Waals surface area contributed by atoms with Crippen LogP contribution in [-0.2, 0) is 10.2 Å². The number of benzene rings is 2. The third-order valence-corrected chi connectivity index (χ3v) is 4.08. The van der Waals surface area contributed by atoms with E-state index >= 15 is 0 Å². The third kappa shape index (κ3) is 4.75. The molecule has 3 nitrogen and oxygen atoms in total. The molecule has 1 atom stereocenters. The fourth-order valence-electron chi connectivity index (χ4n) is 2.29. The Hall–Kier alpha value is -2.00. The van der Waals surface area contributed by atoms with Gasteiger partial charge in [0.25, 0.3) is 5.91 Å². The highest BCUT2D eigenvalue weighted by atomic mass is 35.5. The molecule has 2 aromatic rings. The highest BCUT2D eigenvalue weighted by molar-refractivity contribution is 6.30. The van der Waals surface area contributed by atoms with Crippen LogP contribution in [0.2, 0.25) is 5.02 Å². The van der Waals surface area contributed by atoms with Crippen molar-refractivity contribution in [2.24, 2.45) is 0 Å². The van der Waals surface area contributed by atoms with E-state index in [1.165, 1.54) is 5.56 Å². The number of hydrogen-bond donors (Lipinski definition) is 1. The number of anilines is 1. The van der Waals surface area contributed by atoms with Gasteiger partial charge in [-0.25, -0.2) is 0 Å². The molecule has 0 aliphatic carbocycles. The van der Waals surface area contributed by atoms with Crippen LogP contribution in [0.5, 0.6) is 5.75 Å². The fourth-order valence-corrected chi connectivity index (χ4v) is 2.52. The van der Waals surface area contributed by atoms with E-state index in [9.17, 15) is 4.79 Å². The van der Waals surface area contributed by atoms with Crippen molar-refractivity contribution in [2.45, 2.75) is 46.1 Å². The van der Waals surface area contributed by atoms with Crippen LogP contribution in [0.15, 0.2) is 42.5 Å². The van der Waals surface area contributed by atoms with Crippen molar-refractivity contribution in [3.8, 4) is 5.75 Å². The number of aryl methyl sites for hydroxylation is 1. The molecule has 0 heterocycles. The van der Waals surface area contributed by atoms with Crippen LogP contribution in [0.25, 0.3) is 0 Å². The average Bonchev–Trinajstić information content (AvgIpc) is 2.49. The number of carbonyl (C=O) groups excluding carboxylic acids is 1. The van der Waals surface area contributed by atoms with Crippen LogP contribution in [0, 0.1) is 6.92 Å². The van der Waals surface area contributed by atoms with Gasteiger partial charge in [0.05, 0.1) is 0 Å². The summed E-state index contributed by atoms with van der Waals surface area (Å²) in [5.41, 5.74) is 2.97. The molecule has 0 aliphatic rings. The molecule has 0 saturated heterocycles. The van der Waals surface area contributed by atoms with Crippen LogP contribution >= 0.6 is 11.6 Å². The smallest absolute Gasteiger partial charge is 0.265 e. The number of halogens is 1. The van der Waals surface area contributed by atoms with E-state index in [1.54, 1.807) is 19.1 Å². The van der Waals surface area contributed by atoms with Crippen LogP contribution in [-0.4, -0.2) is 12.0 Å². The summed E-state index contributed by atoms with van der Waals surface area (Å²) < 4.78 is 5.74.